The van der Waals surface area contributed by atoms with Gasteiger partial charge in [0.1, 0.15) is 0 Å². The van der Waals surface area contributed by atoms with Crippen LogP contribution >= 0.6 is 0 Å². The van der Waals surface area contributed by atoms with Crippen LogP contribution in [0.2, 0.25) is 0 Å². The molecule has 0 aromatic rings. The van der Waals surface area contributed by atoms with Crippen molar-refractivity contribution in [1.82, 2.24) is 4.90 Å². The van der Waals surface area contributed by atoms with Crippen LogP contribution in [0.4, 0.5) is 0 Å². The molecule has 112 valence electrons. The average molecular weight is 267 g/mol. The molecular formula is C17H33NO. The summed E-state index contributed by atoms with van der Waals surface area (Å²) in [5, 5.41) is 10.3. The second-order valence-corrected chi connectivity index (χ2v) is 7.17. The van der Waals surface area contributed by atoms with Crippen LogP contribution in [0.3, 0.4) is 0 Å². The van der Waals surface area contributed by atoms with E-state index >= 15 is 0 Å². The van der Waals surface area contributed by atoms with E-state index in [1.807, 2.05) is 0 Å². The fraction of sp³-hybridized carbons (Fsp3) is 1.00. The predicted molar refractivity (Wildman–Crippen MR) is 81.2 cm³/mol. The Morgan fingerprint density at radius 2 is 1.79 bits per heavy atom. The van der Waals surface area contributed by atoms with Crippen molar-refractivity contribution in [3.05, 3.63) is 0 Å². The van der Waals surface area contributed by atoms with E-state index in [0.29, 0.717) is 5.92 Å². The number of aliphatic hydroxyl groups excluding tert-OH is 1. The Hall–Kier alpha value is -0.0800. The molecule has 0 radical (unpaired) electrons. The van der Waals surface area contributed by atoms with E-state index in [0.717, 1.165) is 37.4 Å². The van der Waals surface area contributed by atoms with Crippen LogP contribution in [0.5, 0.6) is 0 Å². The van der Waals surface area contributed by atoms with Crippen LogP contribution in [0, 0.1) is 17.8 Å². The zero-order valence-electron chi connectivity index (χ0n) is 13.1. The molecule has 0 saturated heterocycles. The zero-order valence-corrected chi connectivity index (χ0v) is 13.1. The first-order valence-corrected chi connectivity index (χ1v) is 8.54. The van der Waals surface area contributed by atoms with Gasteiger partial charge in [-0.05, 0) is 56.4 Å². The summed E-state index contributed by atoms with van der Waals surface area (Å²) in [6.07, 6.45) is 9.01. The smallest absolute Gasteiger partial charge is 0.0580 e. The first kappa shape index (κ1) is 15.3. The molecular weight excluding hydrogens is 234 g/mol. The van der Waals surface area contributed by atoms with Crippen LogP contribution in [0.15, 0.2) is 0 Å². The van der Waals surface area contributed by atoms with E-state index in [1.165, 1.54) is 38.5 Å². The van der Waals surface area contributed by atoms with E-state index < -0.39 is 0 Å². The molecule has 2 heteroatoms. The molecule has 3 atom stereocenters. The highest BCUT2D eigenvalue weighted by Crippen LogP contribution is 2.35. The predicted octanol–water partition coefficient (Wildman–Crippen LogP) is 3.68. The van der Waals surface area contributed by atoms with Crippen molar-refractivity contribution in [2.45, 2.75) is 77.9 Å². The van der Waals surface area contributed by atoms with Gasteiger partial charge in [-0.2, -0.15) is 0 Å². The van der Waals surface area contributed by atoms with Gasteiger partial charge in [0.25, 0.3) is 0 Å². The first-order valence-electron chi connectivity index (χ1n) is 8.54. The minimum Gasteiger partial charge on any atom is -0.393 e. The van der Waals surface area contributed by atoms with Crippen molar-refractivity contribution >= 4 is 0 Å². The Labute approximate surface area is 119 Å². The maximum absolute atomic E-state index is 10.3. The Bertz CT molecular complexity index is 260. The SMILES string of the molecule is CCN(CC1CC(C(C)C)CCC1O)C1CCCC1. The summed E-state index contributed by atoms with van der Waals surface area (Å²) < 4.78 is 0. The van der Waals surface area contributed by atoms with Crippen LogP contribution in [-0.2, 0) is 0 Å². The molecule has 2 rings (SSSR count). The standard InChI is InChI=1S/C17H33NO/c1-4-18(16-7-5-6-8-16)12-15-11-14(13(2)3)9-10-17(15)19/h13-17,19H,4-12H2,1-3H3. The highest BCUT2D eigenvalue weighted by atomic mass is 16.3. The number of hydrogen-bond donors (Lipinski definition) is 1. The Balaban J connectivity index is 1.90. The topological polar surface area (TPSA) is 23.5 Å². The number of rotatable bonds is 5. The maximum Gasteiger partial charge on any atom is 0.0580 e. The monoisotopic (exact) mass is 267 g/mol. The number of hydrogen-bond acceptors (Lipinski definition) is 2. The molecule has 0 bridgehead atoms. The molecule has 0 aromatic carbocycles. The van der Waals surface area contributed by atoms with Crippen molar-refractivity contribution in [3.63, 3.8) is 0 Å². The molecule has 2 nitrogen and oxygen atoms in total. The summed E-state index contributed by atoms with van der Waals surface area (Å²) >= 11 is 0. The first-order chi connectivity index (χ1) is 9.11. The van der Waals surface area contributed by atoms with Crippen LogP contribution < -0.4 is 0 Å². The lowest BCUT2D eigenvalue weighted by molar-refractivity contribution is 0.0122. The van der Waals surface area contributed by atoms with E-state index in [-0.39, 0.29) is 6.10 Å². The summed E-state index contributed by atoms with van der Waals surface area (Å²) in [4.78, 5) is 2.66. The van der Waals surface area contributed by atoms with Gasteiger partial charge in [-0.25, -0.2) is 0 Å². The maximum atomic E-state index is 10.3. The Morgan fingerprint density at radius 3 is 2.37 bits per heavy atom. The van der Waals surface area contributed by atoms with Gasteiger partial charge in [-0.3, -0.25) is 0 Å². The van der Waals surface area contributed by atoms with Crippen molar-refractivity contribution in [3.8, 4) is 0 Å². The van der Waals surface area contributed by atoms with Gasteiger partial charge in [0.2, 0.25) is 0 Å². The van der Waals surface area contributed by atoms with E-state index in [9.17, 15) is 5.11 Å². The van der Waals surface area contributed by atoms with Gasteiger partial charge in [0.05, 0.1) is 6.10 Å². The lowest BCUT2D eigenvalue weighted by Gasteiger charge is -2.39. The Kier molecular flexibility index (Phi) is 5.70. The van der Waals surface area contributed by atoms with E-state index in [2.05, 4.69) is 25.7 Å². The van der Waals surface area contributed by atoms with Crippen LogP contribution in [-0.4, -0.2) is 35.2 Å². The highest BCUT2D eigenvalue weighted by Gasteiger charge is 2.33. The number of aliphatic hydroxyl groups is 1. The van der Waals surface area contributed by atoms with E-state index in [4.69, 9.17) is 0 Å². The zero-order chi connectivity index (χ0) is 13.8. The molecule has 0 aromatic heterocycles. The third-order valence-electron chi connectivity index (χ3n) is 5.64. The van der Waals surface area contributed by atoms with Gasteiger partial charge >= 0.3 is 0 Å². The molecule has 2 fully saturated rings. The number of nitrogens with zero attached hydrogens (tertiary/aromatic N) is 1. The van der Waals surface area contributed by atoms with Crippen molar-refractivity contribution in [2.75, 3.05) is 13.1 Å². The molecule has 0 spiro atoms. The normalized spacial score (nSPS) is 33.5. The molecule has 0 heterocycles. The second-order valence-electron chi connectivity index (χ2n) is 7.17. The highest BCUT2D eigenvalue weighted by molar-refractivity contribution is 4.85. The molecule has 2 saturated carbocycles. The third-order valence-corrected chi connectivity index (χ3v) is 5.64. The minimum atomic E-state index is -0.0505. The molecule has 2 aliphatic rings. The largest absolute Gasteiger partial charge is 0.393 e. The molecule has 3 unspecified atom stereocenters. The van der Waals surface area contributed by atoms with Gasteiger partial charge < -0.3 is 10.0 Å². The Morgan fingerprint density at radius 1 is 1.11 bits per heavy atom. The summed E-state index contributed by atoms with van der Waals surface area (Å²) in [6, 6.07) is 0.802. The van der Waals surface area contributed by atoms with Crippen molar-refractivity contribution in [2.24, 2.45) is 17.8 Å². The fourth-order valence-corrected chi connectivity index (χ4v) is 4.19. The summed E-state index contributed by atoms with van der Waals surface area (Å²) in [5.74, 6) is 2.12. The van der Waals surface area contributed by atoms with Gasteiger partial charge in [-0.1, -0.05) is 33.6 Å². The third kappa shape index (κ3) is 3.95. The molecule has 19 heavy (non-hydrogen) atoms. The minimum absolute atomic E-state index is 0.0505. The van der Waals surface area contributed by atoms with E-state index in [1.54, 1.807) is 0 Å². The molecule has 2 aliphatic carbocycles. The summed E-state index contributed by atoms with van der Waals surface area (Å²) in [7, 11) is 0. The lowest BCUT2D eigenvalue weighted by atomic mass is 9.74. The fourth-order valence-electron chi connectivity index (χ4n) is 4.19. The lowest BCUT2D eigenvalue weighted by Crippen LogP contribution is -2.43. The average Bonchev–Trinajstić information content (AvgIpc) is 2.91. The summed E-state index contributed by atoms with van der Waals surface area (Å²) in [6.45, 7) is 9.25. The van der Waals surface area contributed by atoms with Gasteiger partial charge in [-0.15, -0.1) is 0 Å². The summed E-state index contributed by atoms with van der Waals surface area (Å²) in [5.41, 5.74) is 0. The molecule has 0 aliphatic heterocycles. The second kappa shape index (κ2) is 7.08. The van der Waals surface area contributed by atoms with Crippen LogP contribution in [0.25, 0.3) is 0 Å². The van der Waals surface area contributed by atoms with Gasteiger partial charge in [0, 0.05) is 12.6 Å². The van der Waals surface area contributed by atoms with Gasteiger partial charge in [0.15, 0.2) is 0 Å². The molecule has 1 N–H and O–H groups in total. The van der Waals surface area contributed by atoms with Crippen LogP contribution in [0.1, 0.15) is 65.7 Å². The van der Waals surface area contributed by atoms with Crippen molar-refractivity contribution < 1.29 is 5.11 Å². The molecule has 0 amide bonds. The van der Waals surface area contributed by atoms with Crippen molar-refractivity contribution in [1.29, 1.82) is 0 Å². The quantitative estimate of drug-likeness (QED) is 0.821.